The molecule has 0 radical (unpaired) electrons. The minimum atomic E-state index is -1.43. The zero-order chi connectivity index (χ0) is 44.5. The Hall–Kier alpha value is -2.83. The van der Waals surface area contributed by atoms with Crippen molar-refractivity contribution < 1.29 is 38.4 Å². The van der Waals surface area contributed by atoms with Crippen molar-refractivity contribution in [2.75, 3.05) is 26.2 Å². The Morgan fingerprint density at radius 3 is 1.88 bits per heavy atom. The third-order valence-electron chi connectivity index (χ3n) is 13.2. The molecule has 0 aromatic carbocycles. The van der Waals surface area contributed by atoms with E-state index < -0.39 is 72.6 Å². The van der Waals surface area contributed by atoms with Crippen LogP contribution in [0.25, 0.3) is 0 Å². The molecule has 0 aromatic heterocycles. The Balaban J connectivity index is 1.53. The first kappa shape index (κ1) is 51.5. The van der Waals surface area contributed by atoms with Gasteiger partial charge in [0.1, 0.15) is 24.2 Å². The van der Waals surface area contributed by atoms with Crippen LogP contribution < -0.4 is 43.4 Å². The van der Waals surface area contributed by atoms with E-state index >= 15 is 0 Å². The topological polar surface area (TPSA) is 248 Å². The van der Waals surface area contributed by atoms with Crippen molar-refractivity contribution in [3.63, 3.8) is 0 Å². The van der Waals surface area contributed by atoms with Crippen LogP contribution in [0.1, 0.15) is 151 Å². The number of unbranched alkanes of at least 4 members (excludes halogenated alkanes) is 9. The van der Waals surface area contributed by atoms with Gasteiger partial charge in [-0.25, -0.2) is 0 Å². The quantitative estimate of drug-likeness (QED) is 0.0374. The zero-order valence-electron chi connectivity index (χ0n) is 37.9. The van der Waals surface area contributed by atoms with E-state index in [4.69, 9.17) is 20.8 Å². The highest BCUT2D eigenvalue weighted by Gasteiger charge is 2.68. The van der Waals surface area contributed by atoms with E-state index in [9.17, 15) is 29.1 Å². The fourth-order valence-corrected chi connectivity index (χ4v) is 9.19. The van der Waals surface area contributed by atoms with Crippen LogP contribution >= 0.6 is 0 Å². The van der Waals surface area contributed by atoms with E-state index in [2.05, 4.69) is 59.6 Å². The van der Waals surface area contributed by atoms with Gasteiger partial charge in [0.25, 0.3) is 0 Å². The van der Waals surface area contributed by atoms with Crippen LogP contribution in [-0.2, 0) is 33.3 Å². The highest BCUT2D eigenvalue weighted by molar-refractivity contribution is 6.47. The molecule has 1 heterocycles. The monoisotopic (exact) mass is 849 g/mol. The van der Waals surface area contributed by atoms with E-state index in [0.29, 0.717) is 63.6 Å². The Morgan fingerprint density at radius 1 is 0.717 bits per heavy atom. The number of rotatable bonds is 30. The summed E-state index contributed by atoms with van der Waals surface area (Å²) in [7, 11) is -0.639. The smallest absolute Gasteiger partial charge is 0.404 e. The molecule has 0 spiro atoms. The largest absolute Gasteiger partial charge is 0.481 e. The molecule has 0 unspecified atom stereocenters. The van der Waals surface area contributed by atoms with Gasteiger partial charge < -0.3 is 57.8 Å². The summed E-state index contributed by atoms with van der Waals surface area (Å²) in [5, 5.41) is 27.4. The fourth-order valence-electron chi connectivity index (χ4n) is 9.19. The van der Waals surface area contributed by atoms with E-state index in [1.54, 1.807) is 0 Å². The molecule has 1 aliphatic heterocycles. The van der Waals surface area contributed by atoms with E-state index in [0.717, 1.165) is 25.7 Å². The number of aliphatic hydroxyl groups is 1. The zero-order valence-corrected chi connectivity index (χ0v) is 37.9. The molecular weight excluding hydrogens is 767 g/mol. The summed E-state index contributed by atoms with van der Waals surface area (Å²) in [6.07, 6.45) is 13.1. The van der Waals surface area contributed by atoms with Crippen molar-refractivity contribution in [3.8, 4) is 0 Å². The maximum Gasteiger partial charge on any atom is 0.481 e. The predicted octanol–water partition coefficient (Wildman–Crippen LogP) is 2.09. The lowest BCUT2D eigenvalue weighted by Gasteiger charge is -2.64. The number of amides is 5. The third-order valence-corrected chi connectivity index (χ3v) is 13.2. The number of nitrogens with one attached hydrogen (secondary N) is 6. The van der Waals surface area contributed by atoms with Gasteiger partial charge in [0.15, 0.2) is 0 Å². The molecule has 4 fully saturated rings. The van der Waals surface area contributed by atoms with Gasteiger partial charge in [-0.1, -0.05) is 65.7 Å². The summed E-state index contributed by atoms with van der Waals surface area (Å²) < 4.78 is 12.9. The van der Waals surface area contributed by atoms with Crippen LogP contribution in [0.3, 0.4) is 0 Å². The highest BCUT2D eigenvalue weighted by atomic mass is 16.7. The maximum absolute atomic E-state index is 13.7. The van der Waals surface area contributed by atoms with Crippen molar-refractivity contribution in [2.24, 2.45) is 28.7 Å². The summed E-state index contributed by atoms with van der Waals surface area (Å²) in [5.41, 5.74) is 11.1. The highest BCUT2D eigenvalue weighted by Crippen LogP contribution is 2.65. The molecule has 4 rings (SSSR count). The third kappa shape index (κ3) is 14.9. The van der Waals surface area contributed by atoms with Crippen LogP contribution in [0.4, 0.5) is 0 Å². The molecule has 16 nitrogen and oxygen atoms in total. The molecule has 60 heavy (non-hydrogen) atoms. The molecule has 0 aromatic rings. The Labute approximate surface area is 360 Å². The minimum absolute atomic E-state index is 0.0373. The van der Waals surface area contributed by atoms with Crippen LogP contribution in [0.5, 0.6) is 0 Å². The normalized spacial score (nSPS) is 24.4. The van der Waals surface area contributed by atoms with Gasteiger partial charge in [-0.05, 0) is 122 Å². The first-order valence-electron chi connectivity index (χ1n) is 23.1. The average molecular weight is 849 g/mol. The SMILES string of the molecule is CCCCCCCCCCNCC(=O)N[C@@H](CCCCN)C(=O)N[C@H](C(=O)N[C@@H](C)C(=O)N[C@@H](CCCCN)C(=O)N[C@@H](C)B1O[C@@H]2C[C@@H]3C[C@@H](C3(C)C)[C@]2(C)O1)[C@@H](C)O. The first-order valence-corrected chi connectivity index (χ1v) is 23.1. The Kier molecular flexibility index (Phi) is 21.7. The number of carbonyl (C=O) groups excluding carboxylic acids is 5. The van der Waals surface area contributed by atoms with Crippen molar-refractivity contribution in [1.82, 2.24) is 31.9 Å². The Morgan fingerprint density at radius 2 is 1.30 bits per heavy atom. The number of carbonyl (C=O) groups is 5. The predicted molar refractivity (Wildman–Crippen MR) is 234 cm³/mol. The molecule has 10 atom stereocenters. The summed E-state index contributed by atoms with van der Waals surface area (Å²) >= 11 is 0. The minimum Gasteiger partial charge on any atom is -0.404 e. The second-order valence-electron chi connectivity index (χ2n) is 18.5. The number of aliphatic hydroxyl groups excluding tert-OH is 1. The average Bonchev–Trinajstić information content (AvgIpc) is 3.57. The van der Waals surface area contributed by atoms with E-state index in [1.807, 2.05) is 6.92 Å². The molecule has 5 amide bonds. The van der Waals surface area contributed by atoms with Crippen molar-refractivity contribution >= 4 is 36.7 Å². The van der Waals surface area contributed by atoms with Crippen molar-refractivity contribution in [1.29, 1.82) is 0 Å². The van der Waals surface area contributed by atoms with E-state index in [1.165, 1.54) is 52.4 Å². The van der Waals surface area contributed by atoms with Gasteiger partial charge in [-0.3, -0.25) is 24.0 Å². The first-order chi connectivity index (χ1) is 28.5. The molecule has 344 valence electrons. The maximum atomic E-state index is 13.7. The van der Waals surface area contributed by atoms with Crippen LogP contribution in [0.15, 0.2) is 0 Å². The molecule has 11 N–H and O–H groups in total. The number of hydrogen-bond acceptors (Lipinski definition) is 11. The molecule has 17 heteroatoms. The lowest BCUT2D eigenvalue weighted by Crippen LogP contribution is -2.65. The molecule has 4 aliphatic rings. The molecule has 1 saturated heterocycles. The van der Waals surface area contributed by atoms with Gasteiger partial charge in [0, 0.05) is 0 Å². The fraction of sp³-hybridized carbons (Fsp3) is 0.884. The number of nitrogens with two attached hydrogens (primary N) is 2. The standard InChI is InChI=1S/C43H81BN8O8/c1-8-9-10-11-12-13-14-19-24-47-27-36(54)50-32(20-15-17-22-45)40(57)52-37(29(3)53)41(58)48-28(2)38(55)51-33(21-16-18-23-46)39(56)49-30(4)44-59-35-26-31-25-34(42(31,5)6)43(35,7)60-44/h28-35,37,47,53H,8-27,45-46H2,1-7H3,(H,48,58)(H,49,56)(H,50,54)(H,51,55)(H,52,57)/t28-,29+,30-,31-,32-,33-,34-,35+,37-,43-/m0/s1. The van der Waals surface area contributed by atoms with Gasteiger partial charge in [-0.2, -0.15) is 0 Å². The van der Waals surface area contributed by atoms with Gasteiger partial charge in [0.2, 0.25) is 29.5 Å². The second-order valence-corrected chi connectivity index (χ2v) is 18.5. The number of hydrogen-bond donors (Lipinski definition) is 9. The lowest BCUT2D eigenvalue weighted by molar-refractivity contribution is -0.199. The summed E-state index contributed by atoms with van der Waals surface area (Å²) in [4.78, 5) is 67.0. The second kappa shape index (κ2) is 25.3. The lowest BCUT2D eigenvalue weighted by atomic mass is 9.43. The van der Waals surface area contributed by atoms with Gasteiger partial charge in [-0.15, -0.1) is 0 Å². The molecule has 2 bridgehead atoms. The summed E-state index contributed by atoms with van der Waals surface area (Å²) in [6, 6.07) is -4.47. The molecular formula is C43H81BN8O8. The van der Waals surface area contributed by atoms with Crippen LogP contribution in [0, 0.1) is 17.3 Å². The molecule has 3 saturated carbocycles. The van der Waals surface area contributed by atoms with Gasteiger partial charge >= 0.3 is 7.12 Å². The van der Waals surface area contributed by atoms with Crippen molar-refractivity contribution in [2.45, 2.75) is 199 Å². The van der Waals surface area contributed by atoms with Crippen molar-refractivity contribution in [3.05, 3.63) is 0 Å². The van der Waals surface area contributed by atoms with Crippen LogP contribution in [0.2, 0.25) is 0 Å². The molecule has 3 aliphatic carbocycles. The van der Waals surface area contributed by atoms with Gasteiger partial charge in [0.05, 0.1) is 30.3 Å². The van der Waals surface area contributed by atoms with E-state index in [-0.39, 0.29) is 30.4 Å². The Bertz CT molecular complexity index is 1380. The van der Waals surface area contributed by atoms with Crippen LogP contribution in [-0.4, -0.2) is 116 Å². The summed E-state index contributed by atoms with van der Waals surface area (Å²) in [6.45, 7) is 15.1. The summed E-state index contributed by atoms with van der Waals surface area (Å²) in [5.74, 6) is -2.39.